The molecule has 7 heteroatoms. The van der Waals surface area contributed by atoms with Crippen molar-refractivity contribution in [1.29, 1.82) is 0 Å². The van der Waals surface area contributed by atoms with Gasteiger partial charge in [0.1, 0.15) is 11.7 Å². The molecule has 4 atom stereocenters. The lowest BCUT2D eigenvalue weighted by Gasteiger charge is -2.37. The summed E-state index contributed by atoms with van der Waals surface area (Å²) < 4.78 is 16.6. The minimum Gasteiger partial charge on any atom is -0.504 e. The number of Topliss-reactive ketones (excluding diaryl/α,β-unsaturated/α-hetero) is 1. The first-order chi connectivity index (χ1) is 17.8. The van der Waals surface area contributed by atoms with Crippen LogP contribution in [0.2, 0.25) is 0 Å². The minimum absolute atomic E-state index is 0.00859. The Morgan fingerprint density at radius 3 is 2.46 bits per heavy atom. The van der Waals surface area contributed by atoms with E-state index in [2.05, 4.69) is 0 Å². The van der Waals surface area contributed by atoms with Crippen LogP contribution in [0.5, 0.6) is 17.2 Å². The van der Waals surface area contributed by atoms with Gasteiger partial charge in [-0.25, -0.2) is 0 Å². The molecule has 0 amide bonds. The number of nitrogens with zero attached hydrogens (tertiary/aromatic N) is 1. The topological polar surface area (TPSA) is 94.4 Å². The van der Waals surface area contributed by atoms with Crippen molar-refractivity contribution in [3.05, 3.63) is 64.9 Å². The number of carbonyl (C=O) groups excluding carboxylic acids is 2. The number of ether oxygens (including phenoxy) is 3. The first-order valence-corrected chi connectivity index (χ1v) is 12.9. The quantitative estimate of drug-likeness (QED) is 0.462. The van der Waals surface area contributed by atoms with E-state index in [1.807, 2.05) is 52.0 Å². The second kappa shape index (κ2) is 11.2. The van der Waals surface area contributed by atoms with Crippen LogP contribution in [-0.4, -0.2) is 42.4 Å². The fourth-order valence-corrected chi connectivity index (χ4v) is 5.19. The Morgan fingerprint density at radius 1 is 1.11 bits per heavy atom. The van der Waals surface area contributed by atoms with Gasteiger partial charge in [0.25, 0.3) is 0 Å². The van der Waals surface area contributed by atoms with Gasteiger partial charge in [-0.1, -0.05) is 25.1 Å². The van der Waals surface area contributed by atoms with Crippen LogP contribution in [0.15, 0.2) is 58.7 Å². The highest BCUT2D eigenvalue weighted by molar-refractivity contribution is 6.09. The molecule has 1 aliphatic heterocycles. The summed E-state index contributed by atoms with van der Waals surface area (Å²) in [5.41, 5.74) is 3.64. The number of hydrogen-bond donors (Lipinski definition) is 1. The molecule has 0 aromatic heterocycles. The van der Waals surface area contributed by atoms with E-state index in [1.54, 1.807) is 25.3 Å². The van der Waals surface area contributed by atoms with Gasteiger partial charge in [0, 0.05) is 29.3 Å². The average molecular weight is 506 g/mol. The second-order valence-corrected chi connectivity index (χ2v) is 9.69. The summed E-state index contributed by atoms with van der Waals surface area (Å²) in [5.74, 6) is -0.681. The van der Waals surface area contributed by atoms with Crippen molar-refractivity contribution in [2.45, 2.75) is 64.9 Å². The van der Waals surface area contributed by atoms with Crippen LogP contribution < -0.4 is 9.47 Å². The maximum Gasteiger partial charge on any atom is 0.315 e. The Hall–Kier alpha value is -3.61. The normalized spacial score (nSPS) is 22.1. The van der Waals surface area contributed by atoms with Crippen LogP contribution in [0.3, 0.4) is 0 Å². The van der Waals surface area contributed by atoms with Gasteiger partial charge in [-0.3, -0.25) is 14.6 Å². The van der Waals surface area contributed by atoms with Gasteiger partial charge in [-0.2, -0.15) is 0 Å². The molecule has 2 aromatic rings. The maximum atomic E-state index is 13.8. The molecule has 196 valence electrons. The van der Waals surface area contributed by atoms with E-state index in [0.29, 0.717) is 54.2 Å². The summed E-state index contributed by atoms with van der Waals surface area (Å²) in [6, 6.07) is 12.8. The fraction of sp³-hybridized carbons (Fsp3) is 0.433. The van der Waals surface area contributed by atoms with Crippen molar-refractivity contribution >= 4 is 17.5 Å². The Labute approximate surface area is 218 Å². The van der Waals surface area contributed by atoms with Crippen LogP contribution >= 0.6 is 0 Å². The third kappa shape index (κ3) is 5.41. The fourth-order valence-electron chi connectivity index (χ4n) is 5.19. The molecule has 1 N–H and O–H groups in total. The zero-order valence-electron chi connectivity index (χ0n) is 22.1. The van der Waals surface area contributed by atoms with E-state index < -0.39 is 17.8 Å². The molecule has 37 heavy (non-hydrogen) atoms. The molecular weight excluding hydrogens is 470 g/mol. The molecule has 0 radical (unpaired) electrons. The van der Waals surface area contributed by atoms with Gasteiger partial charge < -0.3 is 19.3 Å². The van der Waals surface area contributed by atoms with Gasteiger partial charge in [-0.15, -0.1) is 0 Å². The third-order valence-corrected chi connectivity index (χ3v) is 7.26. The first kappa shape index (κ1) is 26.5. The van der Waals surface area contributed by atoms with E-state index >= 15 is 0 Å². The second-order valence-electron chi connectivity index (χ2n) is 9.69. The minimum atomic E-state index is -0.742. The highest BCUT2D eigenvalue weighted by Crippen LogP contribution is 2.48. The molecule has 0 saturated heterocycles. The summed E-state index contributed by atoms with van der Waals surface area (Å²) in [4.78, 5) is 32.0. The third-order valence-electron chi connectivity index (χ3n) is 7.26. The van der Waals surface area contributed by atoms with Gasteiger partial charge in [-0.05, 0) is 74.9 Å². The van der Waals surface area contributed by atoms with Crippen molar-refractivity contribution in [1.82, 2.24) is 0 Å². The first-order valence-electron chi connectivity index (χ1n) is 12.9. The summed E-state index contributed by atoms with van der Waals surface area (Å²) in [6.07, 6.45) is 1.34. The van der Waals surface area contributed by atoms with E-state index in [1.165, 1.54) is 0 Å². The van der Waals surface area contributed by atoms with Crippen molar-refractivity contribution in [3.63, 3.8) is 0 Å². The van der Waals surface area contributed by atoms with E-state index in [4.69, 9.17) is 19.2 Å². The number of allylic oxidation sites excluding steroid dienone is 2. The number of carbonyl (C=O) groups is 2. The molecule has 0 spiro atoms. The zero-order valence-corrected chi connectivity index (χ0v) is 22.1. The Bertz CT molecular complexity index is 1230. The predicted molar refractivity (Wildman–Crippen MR) is 141 cm³/mol. The van der Waals surface area contributed by atoms with Crippen molar-refractivity contribution in [3.8, 4) is 17.2 Å². The zero-order chi connectivity index (χ0) is 26.7. The number of methoxy groups -OCH3 is 1. The highest BCUT2D eigenvalue weighted by atomic mass is 16.5. The Morgan fingerprint density at radius 2 is 1.81 bits per heavy atom. The number of benzene rings is 2. The average Bonchev–Trinajstić information content (AvgIpc) is 2.89. The number of rotatable bonds is 8. The number of aromatic hydroxyl groups is 1. The van der Waals surface area contributed by atoms with E-state index in [-0.39, 0.29) is 23.6 Å². The number of ketones is 1. The number of esters is 1. The SMILES string of the molecule is CCOc1cc([C@@H]2C3=C(C[C@@H](c4ccc(OC)cc4)CC3=O)N=C(C)C2C(=O)O[C@@H](C)CC)ccc1O. The van der Waals surface area contributed by atoms with Crippen LogP contribution in [-0.2, 0) is 14.3 Å². The number of hydrogen-bond acceptors (Lipinski definition) is 7. The molecule has 2 aromatic carbocycles. The molecule has 0 bridgehead atoms. The largest absolute Gasteiger partial charge is 0.504 e. The molecule has 1 heterocycles. The van der Waals surface area contributed by atoms with Crippen LogP contribution in [0, 0.1) is 5.92 Å². The lowest BCUT2D eigenvalue weighted by molar-refractivity contribution is -0.151. The molecule has 1 unspecified atom stereocenters. The van der Waals surface area contributed by atoms with Crippen LogP contribution in [0.4, 0.5) is 0 Å². The molecule has 7 nitrogen and oxygen atoms in total. The molecule has 0 fully saturated rings. The number of phenols is 1. The van der Waals surface area contributed by atoms with Crippen molar-refractivity contribution in [2.24, 2.45) is 10.9 Å². The monoisotopic (exact) mass is 505 g/mol. The summed E-state index contributed by atoms with van der Waals surface area (Å²) in [7, 11) is 1.62. The summed E-state index contributed by atoms with van der Waals surface area (Å²) in [5, 5.41) is 10.3. The van der Waals surface area contributed by atoms with Crippen LogP contribution in [0.1, 0.15) is 69.9 Å². The maximum absolute atomic E-state index is 13.8. The highest BCUT2D eigenvalue weighted by Gasteiger charge is 2.45. The van der Waals surface area contributed by atoms with E-state index in [0.717, 1.165) is 11.3 Å². The van der Waals surface area contributed by atoms with Gasteiger partial charge in [0.2, 0.25) is 0 Å². The van der Waals surface area contributed by atoms with Crippen LogP contribution in [0.25, 0.3) is 0 Å². The summed E-state index contributed by atoms with van der Waals surface area (Å²) in [6.45, 7) is 7.84. The Balaban J connectivity index is 1.79. The summed E-state index contributed by atoms with van der Waals surface area (Å²) >= 11 is 0. The molecule has 2 aliphatic rings. The van der Waals surface area contributed by atoms with Crippen molar-refractivity contribution < 1.29 is 28.9 Å². The molecule has 1 aliphatic carbocycles. The smallest absolute Gasteiger partial charge is 0.315 e. The lowest BCUT2D eigenvalue weighted by Crippen LogP contribution is -2.39. The molecule has 4 rings (SSSR count). The van der Waals surface area contributed by atoms with Gasteiger partial charge >= 0.3 is 5.97 Å². The molecule has 0 saturated carbocycles. The Kier molecular flexibility index (Phi) is 8.00. The lowest BCUT2D eigenvalue weighted by atomic mass is 9.69. The van der Waals surface area contributed by atoms with Crippen molar-refractivity contribution in [2.75, 3.05) is 13.7 Å². The van der Waals surface area contributed by atoms with Gasteiger partial charge in [0.15, 0.2) is 17.3 Å². The van der Waals surface area contributed by atoms with Gasteiger partial charge in [0.05, 0.1) is 19.8 Å². The molecular formula is C30H35NO6. The number of aliphatic imine (C=N–C) groups is 1. The standard InChI is InChI=1S/C30H35NO6/c1-6-17(3)37-30(34)27-18(4)31-23-14-21(19-8-11-22(35-5)12-9-19)15-25(33)29(23)28(27)20-10-13-24(32)26(16-20)36-7-2/h8-13,16-17,21,27-28,32H,6-7,14-15H2,1-5H3/t17-,21+,27?,28-/m0/s1. The number of phenolic OH excluding ortho intramolecular Hbond substituents is 1. The predicted octanol–water partition coefficient (Wildman–Crippen LogP) is 5.72. The van der Waals surface area contributed by atoms with E-state index in [9.17, 15) is 14.7 Å².